The van der Waals surface area contributed by atoms with Gasteiger partial charge in [-0.05, 0) is 94.8 Å². The summed E-state index contributed by atoms with van der Waals surface area (Å²) in [6.07, 6.45) is 1.86. The number of anilines is 1. The second-order valence-electron chi connectivity index (χ2n) is 11.1. The van der Waals surface area contributed by atoms with Crippen LogP contribution < -0.4 is 5.32 Å². The normalized spacial score (nSPS) is 16.2. The monoisotopic (exact) mass is 499 g/mol. The maximum atomic E-state index is 13.3. The van der Waals surface area contributed by atoms with Gasteiger partial charge in [0.05, 0.1) is 5.56 Å². The van der Waals surface area contributed by atoms with Crippen molar-refractivity contribution in [3.63, 3.8) is 0 Å². The van der Waals surface area contributed by atoms with Crippen LogP contribution >= 0.6 is 0 Å². The minimum absolute atomic E-state index is 0.0237. The van der Waals surface area contributed by atoms with Gasteiger partial charge in [0.15, 0.2) is 0 Å². The Hall–Kier alpha value is -3.62. The predicted molar refractivity (Wildman–Crippen MR) is 146 cm³/mol. The molecule has 1 atom stereocenters. The zero-order valence-electron chi connectivity index (χ0n) is 21.9. The molecule has 1 unspecified atom stereocenters. The first-order valence-electron chi connectivity index (χ1n) is 12.7. The Morgan fingerprint density at radius 3 is 2.30 bits per heavy atom. The SMILES string of the molecule is CC1(C)CCC(C)(C)c2c(NCCc3ccc(F)cc3)cc(C(O)C#Cc3ccc(C(=O)O)cc3)cc21. The Labute approximate surface area is 218 Å². The third-order valence-corrected chi connectivity index (χ3v) is 7.38. The molecule has 3 N–H and O–H groups in total. The summed E-state index contributed by atoms with van der Waals surface area (Å²) in [5.74, 6) is 4.67. The molecule has 0 aliphatic heterocycles. The van der Waals surface area contributed by atoms with E-state index in [1.165, 1.54) is 35.4 Å². The molecule has 3 aromatic rings. The number of carboxylic acids is 1. The molecule has 4 rings (SSSR count). The van der Waals surface area contributed by atoms with Crippen LogP contribution in [0.1, 0.15) is 84.8 Å². The minimum Gasteiger partial charge on any atom is -0.478 e. The topological polar surface area (TPSA) is 69.6 Å². The zero-order valence-corrected chi connectivity index (χ0v) is 21.9. The average Bonchev–Trinajstić information content (AvgIpc) is 2.86. The highest BCUT2D eigenvalue weighted by Crippen LogP contribution is 2.49. The second-order valence-corrected chi connectivity index (χ2v) is 11.1. The van der Waals surface area contributed by atoms with Crippen LogP contribution in [0, 0.1) is 17.7 Å². The first-order valence-corrected chi connectivity index (χ1v) is 12.7. The molecule has 0 aromatic heterocycles. The quantitative estimate of drug-likeness (QED) is 0.334. The van der Waals surface area contributed by atoms with E-state index in [1.54, 1.807) is 24.3 Å². The summed E-state index contributed by atoms with van der Waals surface area (Å²) < 4.78 is 13.3. The Morgan fingerprint density at radius 1 is 1.00 bits per heavy atom. The van der Waals surface area contributed by atoms with Crippen LogP contribution in [0.2, 0.25) is 0 Å². The van der Waals surface area contributed by atoms with Gasteiger partial charge in [-0.1, -0.05) is 57.7 Å². The molecule has 4 nitrogen and oxygen atoms in total. The van der Waals surface area contributed by atoms with Gasteiger partial charge in [-0.2, -0.15) is 0 Å². The molecule has 192 valence electrons. The van der Waals surface area contributed by atoms with Crippen molar-refractivity contribution in [1.29, 1.82) is 0 Å². The Kier molecular flexibility index (Phi) is 7.43. The summed E-state index contributed by atoms with van der Waals surface area (Å²) in [6.45, 7) is 9.70. The van der Waals surface area contributed by atoms with Crippen molar-refractivity contribution in [2.24, 2.45) is 0 Å². The molecule has 0 radical (unpaired) electrons. The third-order valence-electron chi connectivity index (χ3n) is 7.38. The Morgan fingerprint density at radius 2 is 1.65 bits per heavy atom. The summed E-state index contributed by atoms with van der Waals surface area (Å²) in [6, 6.07) is 17.0. The molecule has 0 amide bonds. The molecular formula is C32H34FNO3. The fourth-order valence-corrected chi connectivity index (χ4v) is 5.03. The van der Waals surface area contributed by atoms with Gasteiger partial charge in [-0.25, -0.2) is 9.18 Å². The number of fused-ring (bicyclic) bond motifs is 1. The van der Waals surface area contributed by atoms with E-state index < -0.39 is 12.1 Å². The number of aliphatic hydroxyl groups excluding tert-OH is 1. The number of aliphatic hydroxyl groups is 1. The maximum Gasteiger partial charge on any atom is 0.335 e. The molecule has 5 heteroatoms. The maximum absolute atomic E-state index is 13.3. The van der Waals surface area contributed by atoms with Crippen LogP contribution in [0.5, 0.6) is 0 Å². The van der Waals surface area contributed by atoms with Gasteiger partial charge in [0.25, 0.3) is 0 Å². The number of aromatic carboxylic acids is 1. The van der Waals surface area contributed by atoms with Crippen molar-refractivity contribution in [3.05, 3.63) is 99.9 Å². The number of carbonyl (C=O) groups is 1. The molecule has 0 spiro atoms. The molecule has 0 saturated heterocycles. The van der Waals surface area contributed by atoms with Gasteiger partial charge >= 0.3 is 5.97 Å². The summed E-state index contributed by atoms with van der Waals surface area (Å²) in [4.78, 5) is 11.1. The van der Waals surface area contributed by atoms with E-state index in [2.05, 4.69) is 50.9 Å². The highest BCUT2D eigenvalue weighted by molar-refractivity contribution is 5.87. The molecule has 1 aliphatic carbocycles. The standard InChI is InChI=1S/C32H34FNO3/c1-31(2)16-17-32(3,4)29-26(31)19-24(20-27(29)34-18-15-22-7-12-25(33)13-8-22)28(35)14-9-21-5-10-23(11-6-21)30(36)37/h5-8,10-13,19-20,28,34-35H,15-18H2,1-4H3,(H,36,37). The van der Waals surface area contributed by atoms with Crippen LogP contribution in [0.3, 0.4) is 0 Å². The van der Waals surface area contributed by atoms with E-state index in [0.717, 1.165) is 36.1 Å². The van der Waals surface area contributed by atoms with Gasteiger partial charge in [0.1, 0.15) is 11.9 Å². The largest absolute Gasteiger partial charge is 0.478 e. The molecule has 0 heterocycles. The second kappa shape index (κ2) is 10.4. The van der Waals surface area contributed by atoms with Crippen LogP contribution in [-0.4, -0.2) is 22.7 Å². The van der Waals surface area contributed by atoms with Crippen LogP contribution in [0.4, 0.5) is 10.1 Å². The molecule has 0 saturated carbocycles. The number of carboxylic acid groups (broad SMARTS) is 1. The van der Waals surface area contributed by atoms with Gasteiger partial charge in [0, 0.05) is 17.8 Å². The number of rotatable bonds is 6. The van der Waals surface area contributed by atoms with Crippen molar-refractivity contribution in [2.45, 2.75) is 63.9 Å². The number of nitrogens with one attached hydrogen (secondary N) is 1. The number of halogens is 1. The minimum atomic E-state index is -0.997. The van der Waals surface area contributed by atoms with Crippen molar-refractivity contribution in [3.8, 4) is 11.8 Å². The van der Waals surface area contributed by atoms with E-state index in [9.17, 15) is 14.3 Å². The van der Waals surface area contributed by atoms with E-state index in [1.807, 2.05) is 6.07 Å². The van der Waals surface area contributed by atoms with Gasteiger partial charge in [-0.15, -0.1) is 0 Å². The first kappa shape index (κ1) is 26.4. The molecule has 37 heavy (non-hydrogen) atoms. The lowest BCUT2D eigenvalue weighted by Crippen LogP contribution is -2.35. The lowest BCUT2D eigenvalue weighted by atomic mass is 9.62. The third kappa shape index (κ3) is 6.03. The highest BCUT2D eigenvalue weighted by Gasteiger charge is 2.39. The molecular weight excluding hydrogens is 465 g/mol. The van der Waals surface area contributed by atoms with Gasteiger partial charge in [0.2, 0.25) is 0 Å². The Bertz CT molecular complexity index is 1350. The van der Waals surface area contributed by atoms with Crippen LogP contribution in [0.25, 0.3) is 0 Å². The smallest absolute Gasteiger partial charge is 0.335 e. The van der Waals surface area contributed by atoms with Crippen molar-refractivity contribution in [2.75, 3.05) is 11.9 Å². The fourth-order valence-electron chi connectivity index (χ4n) is 5.03. The van der Waals surface area contributed by atoms with Gasteiger partial charge in [-0.3, -0.25) is 0 Å². The van der Waals surface area contributed by atoms with Crippen LogP contribution in [-0.2, 0) is 17.3 Å². The number of hydrogen-bond donors (Lipinski definition) is 3. The number of hydrogen-bond acceptors (Lipinski definition) is 3. The predicted octanol–water partition coefficient (Wildman–Crippen LogP) is 6.61. The average molecular weight is 500 g/mol. The lowest BCUT2D eigenvalue weighted by Gasteiger charge is -2.43. The molecule has 1 aliphatic rings. The fraction of sp³-hybridized carbons (Fsp3) is 0.344. The highest BCUT2D eigenvalue weighted by atomic mass is 19.1. The molecule has 3 aromatic carbocycles. The Balaban J connectivity index is 1.65. The van der Waals surface area contributed by atoms with Crippen molar-refractivity contribution >= 4 is 11.7 Å². The summed E-state index contributed by atoms with van der Waals surface area (Å²) >= 11 is 0. The van der Waals surface area contributed by atoms with E-state index in [-0.39, 0.29) is 22.2 Å². The van der Waals surface area contributed by atoms with Crippen molar-refractivity contribution < 1.29 is 19.4 Å². The van der Waals surface area contributed by atoms with E-state index in [0.29, 0.717) is 12.1 Å². The van der Waals surface area contributed by atoms with Crippen LogP contribution in [0.15, 0.2) is 60.7 Å². The summed E-state index contributed by atoms with van der Waals surface area (Å²) in [7, 11) is 0. The lowest BCUT2D eigenvalue weighted by molar-refractivity contribution is 0.0697. The van der Waals surface area contributed by atoms with E-state index >= 15 is 0 Å². The first-order chi connectivity index (χ1) is 17.5. The zero-order chi connectivity index (χ0) is 26.8. The molecule has 0 bridgehead atoms. The van der Waals surface area contributed by atoms with Gasteiger partial charge < -0.3 is 15.5 Å². The molecule has 0 fully saturated rings. The number of benzene rings is 3. The van der Waals surface area contributed by atoms with E-state index in [4.69, 9.17) is 5.11 Å². The summed E-state index contributed by atoms with van der Waals surface area (Å²) in [5, 5.41) is 23.7. The van der Waals surface area contributed by atoms with Crippen molar-refractivity contribution in [1.82, 2.24) is 0 Å². The summed E-state index contributed by atoms with van der Waals surface area (Å²) in [5.41, 5.74) is 6.04.